The van der Waals surface area contributed by atoms with Crippen LogP contribution < -0.4 is 9.80 Å². The van der Waals surface area contributed by atoms with Gasteiger partial charge in [-0.2, -0.15) is 0 Å². The molecule has 0 radical (unpaired) electrons. The van der Waals surface area contributed by atoms with Crippen LogP contribution in [0.2, 0.25) is 0 Å². The molecule has 0 bridgehead atoms. The fraction of sp³-hybridized carbons (Fsp3) is 0.0909. The van der Waals surface area contributed by atoms with Crippen LogP contribution in [0.5, 0.6) is 0 Å². The molecule has 7 heteroatoms. The Labute approximate surface area is 176 Å². The molecule has 0 aliphatic carbocycles. The molecule has 0 heterocycles. The number of amides is 2. The van der Waals surface area contributed by atoms with Crippen LogP contribution in [0, 0.1) is 0 Å². The molecule has 0 aliphatic heterocycles. The second-order valence-corrected chi connectivity index (χ2v) is 7.26. The number of hydrogen-bond donors (Lipinski definition) is 2. The first-order valence-corrected chi connectivity index (χ1v) is 9.63. The van der Waals surface area contributed by atoms with Gasteiger partial charge in [0.15, 0.2) is 0 Å². The van der Waals surface area contributed by atoms with E-state index in [0.717, 1.165) is 20.9 Å². The lowest BCUT2D eigenvalue weighted by atomic mass is 10.1. The Morgan fingerprint density at radius 3 is 1.59 bits per heavy atom. The van der Waals surface area contributed by atoms with Gasteiger partial charge in [0, 0.05) is 4.47 Å². The predicted octanol–water partition coefficient (Wildman–Crippen LogP) is 5.82. The van der Waals surface area contributed by atoms with Crippen LogP contribution in [-0.4, -0.2) is 22.4 Å². The highest BCUT2D eigenvalue weighted by molar-refractivity contribution is 9.10. The molecule has 29 heavy (non-hydrogen) atoms. The number of carboxylic acid groups (broad SMARTS) is 2. The Balaban J connectivity index is 2.04. The van der Waals surface area contributed by atoms with E-state index in [2.05, 4.69) is 15.9 Å². The molecule has 0 saturated carbocycles. The summed E-state index contributed by atoms with van der Waals surface area (Å²) in [5.41, 5.74) is 2.18. The van der Waals surface area contributed by atoms with Gasteiger partial charge in [-0.25, -0.2) is 9.59 Å². The van der Waals surface area contributed by atoms with Crippen LogP contribution in [0.4, 0.5) is 21.0 Å². The summed E-state index contributed by atoms with van der Waals surface area (Å²) in [5, 5.41) is 19.7. The molecule has 0 aliphatic rings. The first kappa shape index (κ1) is 20.4. The zero-order valence-corrected chi connectivity index (χ0v) is 17.0. The zero-order chi connectivity index (χ0) is 20.8. The summed E-state index contributed by atoms with van der Waals surface area (Å²) in [6.45, 7) is 0.196. The molecule has 6 nitrogen and oxygen atoms in total. The largest absolute Gasteiger partial charge is 0.465 e. The highest BCUT2D eigenvalue weighted by atomic mass is 79.9. The molecule has 3 aromatic rings. The summed E-state index contributed by atoms with van der Waals surface area (Å²) in [7, 11) is 0. The van der Waals surface area contributed by atoms with Crippen molar-refractivity contribution in [3.8, 4) is 0 Å². The number of benzene rings is 3. The molecule has 0 unspecified atom stereocenters. The molecule has 0 fully saturated rings. The van der Waals surface area contributed by atoms with Gasteiger partial charge in [0.2, 0.25) is 0 Å². The topological polar surface area (TPSA) is 81.1 Å². The van der Waals surface area contributed by atoms with E-state index in [1.165, 1.54) is 0 Å². The Morgan fingerprint density at radius 2 is 1.14 bits per heavy atom. The Bertz CT molecular complexity index is 996. The number of anilines is 2. The summed E-state index contributed by atoms with van der Waals surface area (Å²) in [6.07, 6.45) is -2.33. The molecule has 3 aromatic carbocycles. The highest BCUT2D eigenvalue weighted by Crippen LogP contribution is 2.34. The minimum atomic E-state index is -1.17. The minimum absolute atomic E-state index is 0.0957. The minimum Gasteiger partial charge on any atom is -0.465 e. The fourth-order valence-electron chi connectivity index (χ4n) is 2.98. The van der Waals surface area contributed by atoms with Crippen molar-refractivity contribution in [3.05, 3.63) is 94.5 Å². The van der Waals surface area contributed by atoms with Gasteiger partial charge in [-0.3, -0.25) is 9.80 Å². The average molecular weight is 455 g/mol. The van der Waals surface area contributed by atoms with Crippen LogP contribution in [-0.2, 0) is 13.1 Å². The van der Waals surface area contributed by atoms with Crippen LogP contribution in [0.3, 0.4) is 0 Å². The van der Waals surface area contributed by atoms with Crippen LogP contribution in [0.25, 0.3) is 0 Å². The predicted molar refractivity (Wildman–Crippen MR) is 115 cm³/mol. The Kier molecular flexibility index (Phi) is 6.51. The van der Waals surface area contributed by atoms with E-state index in [4.69, 9.17) is 0 Å². The van der Waals surface area contributed by atoms with Crippen molar-refractivity contribution in [3.63, 3.8) is 0 Å². The third-order valence-electron chi connectivity index (χ3n) is 4.35. The number of carbonyl (C=O) groups is 2. The van der Waals surface area contributed by atoms with E-state index in [0.29, 0.717) is 10.2 Å². The second kappa shape index (κ2) is 9.25. The fourth-order valence-corrected chi connectivity index (χ4v) is 3.33. The van der Waals surface area contributed by atoms with E-state index in [9.17, 15) is 19.8 Å². The normalized spacial score (nSPS) is 10.4. The van der Waals surface area contributed by atoms with Crippen LogP contribution in [0.1, 0.15) is 11.1 Å². The maximum atomic E-state index is 12.1. The van der Waals surface area contributed by atoms with Gasteiger partial charge >= 0.3 is 12.2 Å². The first-order chi connectivity index (χ1) is 14.0. The molecule has 3 rings (SSSR count). The number of nitrogens with zero attached hydrogens (tertiary/aromatic N) is 2. The Hall–Kier alpha value is -3.32. The van der Waals surface area contributed by atoms with Gasteiger partial charge in [0.1, 0.15) is 0 Å². The van der Waals surface area contributed by atoms with E-state index >= 15 is 0 Å². The molecule has 0 aromatic heterocycles. The lowest BCUT2D eigenvalue weighted by molar-refractivity contribution is 0.199. The van der Waals surface area contributed by atoms with Crippen molar-refractivity contribution < 1.29 is 19.8 Å². The van der Waals surface area contributed by atoms with Crippen molar-refractivity contribution in [2.45, 2.75) is 13.1 Å². The highest BCUT2D eigenvalue weighted by Gasteiger charge is 2.25. The quantitative estimate of drug-likeness (QED) is 0.491. The summed E-state index contributed by atoms with van der Waals surface area (Å²) >= 11 is 3.37. The molecule has 0 atom stereocenters. The Morgan fingerprint density at radius 1 is 0.690 bits per heavy atom. The van der Waals surface area contributed by atoms with Crippen molar-refractivity contribution in [1.82, 2.24) is 0 Å². The van der Waals surface area contributed by atoms with Gasteiger partial charge in [-0.15, -0.1) is 0 Å². The number of rotatable bonds is 6. The summed E-state index contributed by atoms with van der Waals surface area (Å²) in [5.74, 6) is 0. The van der Waals surface area contributed by atoms with Gasteiger partial charge in [0.05, 0.1) is 24.5 Å². The SMILES string of the molecule is O=C(O)N(Cc1ccccc1)c1ccc(Br)cc1N(Cc1ccccc1)C(=O)O. The van der Waals surface area contributed by atoms with Crippen molar-refractivity contribution >= 4 is 39.5 Å². The van der Waals surface area contributed by atoms with E-state index in [1.807, 2.05) is 60.7 Å². The molecular formula is C22H19BrN2O4. The third kappa shape index (κ3) is 5.14. The van der Waals surface area contributed by atoms with Gasteiger partial charge in [-0.1, -0.05) is 76.6 Å². The molecule has 0 saturated heterocycles. The first-order valence-electron chi connectivity index (χ1n) is 8.84. The smallest absolute Gasteiger partial charge is 0.412 e. The number of halogens is 1. The van der Waals surface area contributed by atoms with E-state index in [-0.39, 0.29) is 18.8 Å². The lowest BCUT2D eigenvalue weighted by Crippen LogP contribution is -2.34. The maximum absolute atomic E-state index is 12.1. The molecule has 2 N–H and O–H groups in total. The molecule has 2 amide bonds. The summed E-state index contributed by atoms with van der Waals surface area (Å²) in [4.78, 5) is 26.4. The number of hydrogen-bond acceptors (Lipinski definition) is 2. The van der Waals surface area contributed by atoms with Gasteiger partial charge < -0.3 is 10.2 Å². The van der Waals surface area contributed by atoms with E-state index in [1.54, 1.807) is 18.2 Å². The summed E-state index contributed by atoms with van der Waals surface area (Å²) in [6, 6.07) is 23.3. The van der Waals surface area contributed by atoms with Crippen LogP contribution in [0.15, 0.2) is 83.3 Å². The maximum Gasteiger partial charge on any atom is 0.412 e. The standard InChI is InChI=1S/C22H19BrN2O4/c23-18-11-12-19(24(21(26)27)14-16-7-3-1-4-8-16)20(13-18)25(22(28)29)15-17-9-5-2-6-10-17/h1-13H,14-15H2,(H,26,27)(H,28,29). The van der Waals surface area contributed by atoms with Gasteiger partial charge in [-0.05, 0) is 29.3 Å². The summed E-state index contributed by atoms with van der Waals surface area (Å²) < 4.78 is 0.653. The monoisotopic (exact) mass is 454 g/mol. The van der Waals surface area contributed by atoms with E-state index < -0.39 is 12.2 Å². The molecule has 148 valence electrons. The van der Waals surface area contributed by atoms with Crippen LogP contribution >= 0.6 is 15.9 Å². The lowest BCUT2D eigenvalue weighted by Gasteiger charge is -2.28. The average Bonchev–Trinajstić information content (AvgIpc) is 2.71. The van der Waals surface area contributed by atoms with Crippen molar-refractivity contribution in [1.29, 1.82) is 0 Å². The van der Waals surface area contributed by atoms with Crippen molar-refractivity contribution in [2.24, 2.45) is 0 Å². The third-order valence-corrected chi connectivity index (χ3v) is 4.84. The molecule has 0 spiro atoms. The van der Waals surface area contributed by atoms with Gasteiger partial charge in [0.25, 0.3) is 0 Å². The van der Waals surface area contributed by atoms with Crippen molar-refractivity contribution in [2.75, 3.05) is 9.80 Å². The second-order valence-electron chi connectivity index (χ2n) is 6.34. The zero-order valence-electron chi connectivity index (χ0n) is 15.4. The molecular weight excluding hydrogens is 436 g/mol.